The molecule has 178 valence electrons. The van der Waals surface area contributed by atoms with E-state index < -0.39 is 21.8 Å². The summed E-state index contributed by atoms with van der Waals surface area (Å²) < 4.78 is 33.3. The van der Waals surface area contributed by atoms with E-state index in [1.807, 2.05) is 0 Å². The molecule has 0 radical (unpaired) electrons. The molecule has 1 unspecified atom stereocenters. The molecule has 1 aliphatic carbocycles. The van der Waals surface area contributed by atoms with Crippen molar-refractivity contribution in [2.24, 2.45) is 11.7 Å². The molecule has 0 bridgehead atoms. The monoisotopic (exact) mass is 499 g/mol. The normalized spacial score (nSPS) is 15.3. The second kappa shape index (κ2) is 9.47. The lowest BCUT2D eigenvalue weighted by molar-refractivity contribution is 0.1000. The highest BCUT2D eigenvalue weighted by Crippen LogP contribution is 2.39. The first-order valence-corrected chi connectivity index (χ1v) is 13.0. The van der Waals surface area contributed by atoms with Crippen LogP contribution in [0.15, 0.2) is 53.4 Å². The Kier molecular flexibility index (Phi) is 6.63. The summed E-state index contributed by atoms with van der Waals surface area (Å²) in [6.45, 7) is 2.15. The molecule has 0 fully saturated rings. The first-order chi connectivity index (χ1) is 16.2. The van der Waals surface area contributed by atoms with Gasteiger partial charge in [0.1, 0.15) is 10.8 Å². The minimum atomic E-state index is -3.95. The van der Waals surface area contributed by atoms with Crippen molar-refractivity contribution in [2.45, 2.75) is 31.1 Å². The number of para-hydroxylation sites is 1. The predicted octanol–water partition coefficient (Wildman–Crippen LogP) is 4.03. The summed E-state index contributed by atoms with van der Waals surface area (Å²) >= 11 is 1.35. The molecule has 3 aromatic rings. The number of hydrogen-bond acceptors (Lipinski definition) is 6. The third-order valence-corrected chi connectivity index (χ3v) is 8.32. The molecule has 0 aliphatic heterocycles. The van der Waals surface area contributed by atoms with E-state index in [0.717, 1.165) is 29.7 Å². The van der Waals surface area contributed by atoms with E-state index in [0.29, 0.717) is 22.2 Å². The van der Waals surface area contributed by atoms with Crippen LogP contribution in [-0.2, 0) is 22.9 Å². The molecule has 2 amide bonds. The maximum Gasteiger partial charge on any atom is 0.261 e. The molecule has 2 aromatic carbocycles. The molecule has 0 saturated carbocycles. The second-order valence-corrected chi connectivity index (χ2v) is 11.0. The number of sulfonamides is 1. The van der Waals surface area contributed by atoms with Crippen LogP contribution in [0.4, 0.5) is 10.7 Å². The molecule has 1 aliphatic rings. The molecule has 0 spiro atoms. The van der Waals surface area contributed by atoms with E-state index in [-0.39, 0.29) is 16.1 Å². The minimum absolute atomic E-state index is 0.0274. The zero-order chi connectivity index (χ0) is 24.5. The van der Waals surface area contributed by atoms with Crippen LogP contribution in [0, 0.1) is 5.92 Å². The SMILES string of the molecule is COc1ccc(S(=O)(=O)Nc2ccccc2C(=O)Nc2sc3c(c2C(N)=O)CCC(C)C3)cc1. The van der Waals surface area contributed by atoms with Crippen molar-refractivity contribution < 1.29 is 22.7 Å². The van der Waals surface area contributed by atoms with Crippen molar-refractivity contribution in [3.8, 4) is 5.75 Å². The molecule has 0 saturated heterocycles. The molecule has 1 atom stereocenters. The van der Waals surface area contributed by atoms with Crippen LogP contribution in [0.25, 0.3) is 0 Å². The van der Waals surface area contributed by atoms with Crippen molar-refractivity contribution in [3.63, 3.8) is 0 Å². The zero-order valence-electron chi connectivity index (χ0n) is 18.8. The fourth-order valence-electron chi connectivity index (χ4n) is 4.00. The maximum atomic E-state index is 13.2. The summed E-state index contributed by atoms with van der Waals surface area (Å²) in [4.78, 5) is 26.5. The lowest BCUT2D eigenvalue weighted by Crippen LogP contribution is -2.21. The van der Waals surface area contributed by atoms with Gasteiger partial charge in [-0.15, -0.1) is 11.3 Å². The number of benzene rings is 2. The van der Waals surface area contributed by atoms with E-state index in [2.05, 4.69) is 17.0 Å². The summed E-state index contributed by atoms with van der Waals surface area (Å²) in [5.74, 6) is -0.112. The van der Waals surface area contributed by atoms with Gasteiger partial charge >= 0.3 is 0 Å². The summed E-state index contributed by atoms with van der Waals surface area (Å²) in [5.41, 5.74) is 7.13. The van der Waals surface area contributed by atoms with Crippen molar-refractivity contribution in [3.05, 3.63) is 70.1 Å². The Morgan fingerprint density at radius 1 is 1.12 bits per heavy atom. The van der Waals surface area contributed by atoms with Crippen LogP contribution in [0.1, 0.15) is 44.5 Å². The van der Waals surface area contributed by atoms with Crippen LogP contribution in [0.5, 0.6) is 5.75 Å². The second-order valence-electron chi connectivity index (χ2n) is 8.20. The zero-order valence-corrected chi connectivity index (χ0v) is 20.4. The van der Waals surface area contributed by atoms with Gasteiger partial charge < -0.3 is 15.8 Å². The highest BCUT2D eigenvalue weighted by atomic mass is 32.2. The summed E-state index contributed by atoms with van der Waals surface area (Å²) in [5, 5.41) is 3.18. The highest BCUT2D eigenvalue weighted by Gasteiger charge is 2.28. The predicted molar refractivity (Wildman–Crippen MR) is 132 cm³/mol. The highest BCUT2D eigenvalue weighted by molar-refractivity contribution is 7.92. The van der Waals surface area contributed by atoms with Crippen LogP contribution < -0.4 is 20.5 Å². The number of carbonyl (C=O) groups excluding carboxylic acids is 2. The average Bonchev–Trinajstić information content (AvgIpc) is 3.16. The number of rotatable bonds is 7. The fraction of sp³-hybridized carbons (Fsp3) is 0.250. The van der Waals surface area contributed by atoms with Crippen molar-refractivity contribution in [2.75, 3.05) is 17.1 Å². The molecule has 34 heavy (non-hydrogen) atoms. The number of fused-ring (bicyclic) bond motifs is 1. The van der Waals surface area contributed by atoms with Gasteiger partial charge in [-0.1, -0.05) is 19.1 Å². The van der Waals surface area contributed by atoms with Gasteiger partial charge in [-0.25, -0.2) is 8.42 Å². The number of amides is 2. The summed E-state index contributed by atoms with van der Waals surface area (Å²) in [6.07, 6.45) is 2.52. The first kappa shape index (κ1) is 23.8. The number of nitrogens with one attached hydrogen (secondary N) is 2. The first-order valence-electron chi connectivity index (χ1n) is 10.7. The largest absolute Gasteiger partial charge is 0.497 e. The van der Waals surface area contributed by atoms with Crippen LogP contribution in [0.2, 0.25) is 0 Å². The van der Waals surface area contributed by atoms with E-state index in [4.69, 9.17) is 10.5 Å². The molecule has 8 nitrogen and oxygen atoms in total. The van der Waals surface area contributed by atoms with Gasteiger partial charge in [0.15, 0.2) is 0 Å². The van der Waals surface area contributed by atoms with E-state index in [1.54, 1.807) is 12.1 Å². The number of methoxy groups -OCH3 is 1. The van der Waals surface area contributed by atoms with Crippen molar-refractivity contribution in [1.29, 1.82) is 0 Å². The van der Waals surface area contributed by atoms with Gasteiger partial charge in [-0.2, -0.15) is 0 Å². The van der Waals surface area contributed by atoms with Crippen molar-refractivity contribution in [1.82, 2.24) is 0 Å². The number of carbonyl (C=O) groups is 2. The molecule has 4 rings (SSSR count). The van der Waals surface area contributed by atoms with Gasteiger partial charge in [-0.05, 0) is 67.1 Å². The van der Waals surface area contributed by atoms with Crippen LogP contribution in [0.3, 0.4) is 0 Å². The Morgan fingerprint density at radius 3 is 2.50 bits per heavy atom. The van der Waals surface area contributed by atoms with Crippen molar-refractivity contribution >= 4 is 43.9 Å². The van der Waals surface area contributed by atoms with Crippen LogP contribution >= 0.6 is 11.3 Å². The van der Waals surface area contributed by atoms with Gasteiger partial charge in [0.2, 0.25) is 0 Å². The smallest absolute Gasteiger partial charge is 0.261 e. The van der Waals surface area contributed by atoms with Gasteiger partial charge in [0.05, 0.1) is 28.8 Å². The van der Waals surface area contributed by atoms with E-state index >= 15 is 0 Å². The third kappa shape index (κ3) is 4.78. The molecular formula is C24H25N3O5S2. The topological polar surface area (TPSA) is 128 Å². The lowest BCUT2D eigenvalue weighted by Gasteiger charge is -2.18. The molecule has 4 N–H and O–H groups in total. The van der Waals surface area contributed by atoms with Crippen LogP contribution in [-0.4, -0.2) is 27.3 Å². The lowest BCUT2D eigenvalue weighted by atomic mass is 9.88. The number of hydrogen-bond donors (Lipinski definition) is 3. The summed E-state index contributed by atoms with van der Waals surface area (Å²) in [7, 11) is -2.46. The maximum absolute atomic E-state index is 13.2. The van der Waals surface area contributed by atoms with E-state index in [1.165, 1.54) is 54.8 Å². The Balaban J connectivity index is 1.62. The van der Waals surface area contributed by atoms with Gasteiger partial charge in [0, 0.05) is 4.88 Å². The van der Waals surface area contributed by atoms with E-state index in [9.17, 15) is 18.0 Å². The fourth-order valence-corrected chi connectivity index (χ4v) is 6.49. The standard InChI is InChI=1S/C24H25N3O5S2/c1-14-7-12-18-20(13-14)33-24(21(18)22(25)28)26-23(29)17-5-3-4-6-19(17)27-34(30,31)16-10-8-15(32-2)9-11-16/h3-6,8-11,14,27H,7,12-13H2,1-2H3,(H2,25,28)(H,26,29). The van der Waals surface area contributed by atoms with Gasteiger partial charge in [0.25, 0.3) is 21.8 Å². The number of primary amides is 1. The molecule has 1 aromatic heterocycles. The minimum Gasteiger partial charge on any atom is -0.497 e. The number of anilines is 2. The molecule has 10 heteroatoms. The quantitative estimate of drug-likeness (QED) is 0.452. The Labute approximate surface area is 202 Å². The third-order valence-electron chi connectivity index (χ3n) is 5.77. The average molecular weight is 500 g/mol. The number of thiophene rings is 1. The molecule has 1 heterocycles. The summed E-state index contributed by atoms with van der Waals surface area (Å²) in [6, 6.07) is 12.2. The molecular weight excluding hydrogens is 474 g/mol. The number of ether oxygens (including phenoxy) is 1. The Bertz CT molecular complexity index is 1350. The van der Waals surface area contributed by atoms with Gasteiger partial charge in [-0.3, -0.25) is 14.3 Å². The Hall–Kier alpha value is -3.37. The number of nitrogens with two attached hydrogens (primary N) is 1. The Morgan fingerprint density at radius 2 is 1.82 bits per heavy atom.